The summed E-state index contributed by atoms with van der Waals surface area (Å²) in [6.45, 7) is 10.6. The Kier molecular flexibility index (Phi) is 9.12. The van der Waals surface area contributed by atoms with Gasteiger partial charge in [0.2, 0.25) is 0 Å². The van der Waals surface area contributed by atoms with Gasteiger partial charge in [0.1, 0.15) is 16.3 Å². The van der Waals surface area contributed by atoms with E-state index in [2.05, 4.69) is 27.3 Å². The van der Waals surface area contributed by atoms with Crippen molar-refractivity contribution in [3.05, 3.63) is 76.0 Å². The van der Waals surface area contributed by atoms with E-state index in [4.69, 9.17) is 31.0 Å². The Morgan fingerprint density at radius 2 is 1.89 bits per heavy atom. The van der Waals surface area contributed by atoms with Crippen molar-refractivity contribution in [1.29, 1.82) is 0 Å². The van der Waals surface area contributed by atoms with E-state index in [-0.39, 0.29) is 30.4 Å². The number of rotatable bonds is 7. The molecule has 0 radical (unpaired) electrons. The zero-order valence-electron chi connectivity index (χ0n) is 27.2. The van der Waals surface area contributed by atoms with Crippen LogP contribution in [0.25, 0.3) is 5.65 Å². The third-order valence-electron chi connectivity index (χ3n) is 8.69. The number of fused-ring (bicyclic) bond motifs is 2. The van der Waals surface area contributed by atoms with Crippen molar-refractivity contribution in [3.8, 4) is 0 Å². The Balaban J connectivity index is 1.21. The number of alkyl carbamates (subject to hydrolysis) is 1. The lowest BCUT2D eigenvalue weighted by Gasteiger charge is -2.44. The largest absolute Gasteiger partial charge is 0.461 e. The molecule has 4 heterocycles. The number of aliphatic hydroxyl groups is 1. The molecule has 1 amide bonds. The maximum absolute atomic E-state index is 12.9. The normalized spacial score (nSPS) is 17.2. The number of pyridine rings is 1. The molecule has 2 aliphatic rings. The molecule has 1 aromatic carbocycles. The van der Waals surface area contributed by atoms with Crippen LogP contribution in [0.1, 0.15) is 79.6 Å². The lowest BCUT2D eigenvalue weighted by Crippen LogP contribution is -2.48. The molecule has 248 valence electrons. The number of hydrogen-bond donors (Lipinski definition) is 2. The van der Waals surface area contributed by atoms with Gasteiger partial charge in [-0.15, -0.1) is 0 Å². The van der Waals surface area contributed by atoms with Gasteiger partial charge in [0.05, 0.1) is 30.0 Å². The maximum atomic E-state index is 12.9. The minimum Gasteiger partial charge on any atom is -0.461 e. The number of aromatic nitrogens is 4. The summed E-state index contributed by atoms with van der Waals surface area (Å²) in [7, 11) is 0. The molecule has 1 aliphatic heterocycles. The minimum atomic E-state index is -0.592. The zero-order valence-corrected chi connectivity index (χ0v) is 28.7. The minimum absolute atomic E-state index is 0.162. The highest BCUT2D eigenvalue weighted by Gasteiger charge is 2.49. The second-order valence-electron chi connectivity index (χ2n) is 13.0. The van der Waals surface area contributed by atoms with Gasteiger partial charge in [0, 0.05) is 35.8 Å². The highest BCUT2D eigenvalue weighted by atomic mass is 35.5. The van der Waals surface area contributed by atoms with Gasteiger partial charge in [-0.3, -0.25) is 0 Å². The Hall–Kier alpha value is -3.87. The van der Waals surface area contributed by atoms with Crippen molar-refractivity contribution in [2.45, 2.75) is 82.1 Å². The fourth-order valence-electron chi connectivity index (χ4n) is 6.54. The molecule has 3 aromatic heterocycles. The predicted octanol–water partition coefficient (Wildman–Crippen LogP) is 6.32. The first-order valence-corrected chi connectivity index (χ1v) is 16.9. The lowest BCUT2D eigenvalue weighted by molar-refractivity contribution is 0.0427. The molecule has 11 nitrogen and oxygen atoms in total. The first-order valence-electron chi connectivity index (χ1n) is 15.7. The number of halogens is 1. The fourth-order valence-corrected chi connectivity index (χ4v) is 7.73. The van der Waals surface area contributed by atoms with Gasteiger partial charge in [-0.1, -0.05) is 47.6 Å². The molecule has 1 atom stereocenters. The van der Waals surface area contributed by atoms with E-state index in [0.717, 1.165) is 24.8 Å². The Labute approximate surface area is 283 Å². The number of carbonyl (C=O) groups is 2. The molecule has 6 rings (SSSR count). The Morgan fingerprint density at radius 1 is 1.15 bits per heavy atom. The summed E-state index contributed by atoms with van der Waals surface area (Å²) in [4.78, 5) is 42.1. The summed E-state index contributed by atoms with van der Waals surface area (Å²) in [5.41, 5.74) is 3.43. The maximum Gasteiger partial charge on any atom is 0.408 e. The molecule has 0 bridgehead atoms. The van der Waals surface area contributed by atoms with Crippen LogP contribution >= 0.6 is 23.4 Å². The van der Waals surface area contributed by atoms with Crippen LogP contribution in [0, 0.1) is 12.3 Å². The van der Waals surface area contributed by atoms with Gasteiger partial charge in [-0.2, -0.15) is 0 Å². The lowest BCUT2D eigenvalue weighted by atomic mass is 9.72. The number of aryl methyl sites for hydroxylation is 1. The number of imidazole rings is 1. The molecule has 0 unspecified atom stereocenters. The molecular formula is C34H39ClN6O5S. The average Bonchev–Trinajstić information content (AvgIpc) is 3.59. The van der Waals surface area contributed by atoms with Crippen LogP contribution < -0.4 is 10.2 Å². The summed E-state index contributed by atoms with van der Waals surface area (Å²) in [6.07, 6.45) is 5.45. The number of amides is 1. The fraction of sp³-hybridized carbons (Fsp3) is 0.441. The second kappa shape index (κ2) is 13.0. The summed E-state index contributed by atoms with van der Waals surface area (Å²) in [5.74, 6) is 0.146. The SMILES string of the molecule is CCOC(=O)c1cn2ccc(Sc3nc(CO)c(N4CCC5(CC4)Cc4ccccc4[C@H]5NC(=O)OC(C)(C)C)nc3C)c(Cl)c2n1. The molecule has 1 aliphatic carbocycles. The van der Waals surface area contributed by atoms with Crippen LogP contribution in [0.3, 0.4) is 0 Å². The standard InChI is InChI=1S/C34H39ClN6O5S/c1-6-45-31(43)23-18-41-14-11-25(26(35)29(41)37-23)47-30-20(2)36-28(24(19-42)38-30)40-15-12-34(13-16-40)17-21-9-7-8-10-22(21)27(34)39-32(44)46-33(3,4)5/h7-11,14,18,27,42H,6,12-13,15-17,19H2,1-5H3,(H,39,44)/t27-/m1/s1. The molecule has 4 aromatic rings. The molecule has 1 saturated heterocycles. The summed E-state index contributed by atoms with van der Waals surface area (Å²) in [5, 5.41) is 14.6. The first kappa shape index (κ1) is 33.0. The van der Waals surface area contributed by atoms with E-state index in [9.17, 15) is 14.7 Å². The highest BCUT2D eigenvalue weighted by molar-refractivity contribution is 7.99. The Bertz CT molecular complexity index is 1830. The summed E-state index contributed by atoms with van der Waals surface area (Å²) < 4.78 is 12.4. The van der Waals surface area contributed by atoms with Crippen molar-refractivity contribution in [3.63, 3.8) is 0 Å². The number of piperidine rings is 1. The number of aliphatic hydroxyl groups excluding tert-OH is 1. The van der Waals surface area contributed by atoms with Crippen molar-refractivity contribution >= 4 is 46.9 Å². The van der Waals surface area contributed by atoms with Crippen LogP contribution in [0.15, 0.2) is 52.6 Å². The molecular weight excluding hydrogens is 640 g/mol. The van der Waals surface area contributed by atoms with Crippen molar-refractivity contribution < 1.29 is 24.2 Å². The number of anilines is 1. The van der Waals surface area contributed by atoms with Gasteiger partial charge in [-0.25, -0.2) is 24.5 Å². The van der Waals surface area contributed by atoms with E-state index in [0.29, 0.717) is 50.9 Å². The van der Waals surface area contributed by atoms with Gasteiger partial charge >= 0.3 is 12.1 Å². The second-order valence-corrected chi connectivity index (χ2v) is 14.4. The third-order valence-corrected chi connectivity index (χ3v) is 10.3. The molecule has 13 heteroatoms. The van der Waals surface area contributed by atoms with Gasteiger partial charge in [0.25, 0.3) is 0 Å². The number of hydrogen-bond acceptors (Lipinski definition) is 10. The highest BCUT2D eigenvalue weighted by Crippen LogP contribution is 2.52. The predicted molar refractivity (Wildman–Crippen MR) is 179 cm³/mol. The van der Waals surface area contributed by atoms with Gasteiger partial charge < -0.3 is 29.2 Å². The van der Waals surface area contributed by atoms with E-state index in [1.54, 1.807) is 23.7 Å². The van der Waals surface area contributed by atoms with E-state index >= 15 is 0 Å². The van der Waals surface area contributed by atoms with E-state index in [1.165, 1.54) is 17.3 Å². The van der Waals surface area contributed by atoms with Crippen LogP contribution in [0.5, 0.6) is 0 Å². The average molecular weight is 679 g/mol. The first-order chi connectivity index (χ1) is 22.4. The van der Waals surface area contributed by atoms with Crippen molar-refractivity contribution in [2.75, 3.05) is 24.6 Å². The molecule has 0 saturated carbocycles. The number of ether oxygens (including phenoxy) is 2. The number of nitrogens with zero attached hydrogens (tertiary/aromatic N) is 5. The molecule has 1 fully saturated rings. The quantitative estimate of drug-likeness (QED) is 0.214. The number of benzene rings is 1. The number of carbonyl (C=O) groups excluding carboxylic acids is 2. The van der Waals surface area contributed by atoms with Gasteiger partial charge in [-0.05, 0) is 71.1 Å². The van der Waals surface area contributed by atoms with Crippen molar-refractivity contribution in [2.24, 2.45) is 5.41 Å². The topological polar surface area (TPSA) is 131 Å². The van der Waals surface area contributed by atoms with Crippen LogP contribution in [-0.2, 0) is 22.5 Å². The monoisotopic (exact) mass is 678 g/mol. The zero-order chi connectivity index (χ0) is 33.5. The molecule has 47 heavy (non-hydrogen) atoms. The van der Waals surface area contributed by atoms with Crippen LogP contribution in [-0.4, -0.2) is 61.8 Å². The molecule has 1 spiro atoms. The third kappa shape index (κ3) is 6.63. The summed E-state index contributed by atoms with van der Waals surface area (Å²) in [6, 6.07) is 9.97. The van der Waals surface area contributed by atoms with Crippen LogP contribution in [0.2, 0.25) is 5.02 Å². The number of esters is 1. The Morgan fingerprint density at radius 3 is 2.60 bits per heavy atom. The van der Waals surface area contributed by atoms with E-state index < -0.39 is 17.7 Å². The summed E-state index contributed by atoms with van der Waals surface area (Å²) >= 11 is 8.07. The number of nitrogens with one attached hydrogen (secondary N) is 1. The van der Waals surface area contributed by atoms with Crippen molar-refractivity contribution in [1.82, 2.24) is 24.7 Å². The van der Waals surface area contributed by atoms with E-state index in [1.807, 2.05) is 45.9 Å². The van der Waals surface area contributed by atoms with Crippen LogP contribution in [0.4, 0.5) is 10.6 Å². The smallest absolute Gasteiger partial charge is 0.408 e. The molecule has 2 N–H and O–H groups in total. The van der Waals surface area contributed by atoms with Gasteiger partial charge in [0.15, 0.2) is 17.2 Å².